The number of benzene rings is 1. The molecular weight excluding hydrogens is 240 g/mol. The highest BCUT2D eigenvalue weighted by Crippen LogP contribution is 2.26. The lowest BCUT2D eigenvalue weighted by Crippen LogP contribution is -2.43. The van der Waals surface area contributed by atoms with Crippen LogP contribution in [0.15, 0.2) is 24.3 Å². The third kappa shape index (κ3) is 4.84. The molecule has 0 amide bonds. The summed E-state index contributed by atoms with van der Waals surface area (Å²) >= 11 is 0. The van der Waals surface area contributed by atoms with Gasteiger partial charge in [-0.05, 0) is 37.5 Å². The van der Waals surface area contributed by atoms with Gasteiger partial charge in [0.2, 0.25) is 0 Å². The van der Waals surface area contributed by atoms with Gasteiger partial charge in [-0.25, -0.2) is 0 Å². The van der Waals surface area contributed by atoms with E-state index in [0.29, 0.717) is 0 Å². The highest BCUT2D eigenvalue weighted by atomic mass is 16.5. The van der Waals surface area contributed by atoms with Gasteiger partial charge in [0, 0.05) is 12.0 Å². The van der Waals surface area contributed by atoms with Crippen LogP contribution in [0.2, 0.25) is 0 Å². The molecule has 0 N–H and O–H groups in total. The van der Waals surface area contributed by atoms with Crippen molar-refractivity contribution in [3.63, 3.8) is 0 Å². The summed E-state index contributed by atoms with van der Waals surface area (Å²) in [6, 6.07) is 8.16. The first-order valence-corrected chi connectivity index (χ1v) is 7.03. The Hall–Kier alpha value is -1.06. The smallest absolute Gasteiger partial charge is 0.119 e. The SMILES string of the molecule is Cc1cccc(OCCCCOCC2(C)COC2)c1. The van der Waals surface area contributed by atoms with E-state index in [1.807, 2.05) is 12.1 Å². The average Bonchev–Trinajstić information content (AvgIpc) is 2.35. The minimum atomic E-state index is 0.262. The topological polar surface area (TPSA) is 27.7 Å². The molecule has 3 nitrogen and oxygen atoms in total. The van der Waals surface area contributed by atoms with Gasteiger partial charge in [0.25, 0.3) is 0 Å². The Morgan fingerprint density at radius 1 is 1.21 bits per heavy atom. The molecular formula is C16H24O3. The Morgan fingerprint density at radius 3 is 2.68 bits per heavy atom. The molecule has 3 heteroatoms. The number of rotatable bonds is 8. The molecule has 1 fully saturated rings. The van der Waals surface area contributed by atoms with Gasteiger partial charge in [-0.3, -0.25) is 0 Å². The van der Waals surface area contributed by atoms with Crippen LogP contribution in [0.3, 0.4) is 0 Å². The van der Waals surface area contributed by atoms with E-state index in [2.05, 4.69) is 26.0 Å². The maximum atomic E-state index is 5.69. The van der Waals surface area contributed by atoms with E-state index >= 15 is 0 Å². The summed E-state index contributed by atoms with van der Waals surface area (Å²) in [6.07, 6.45) is 2.07. The van der Waals surface area contributed by atoms with Gasteiger partial charge in [0.1, 0.15) is 5.75 Å². The molecule has 0 saturated carbocycles. The summed E-state index contributed by atoms with van der Waals surface area (Å²) in [7, 11) is 0. The summed E-state index contributed by atoms with van der Waals surface area (Å²) in [5.41, 5.74) is 1.50. The molecule has 0 spiro atoms. The van der Waals surface area contributed by atoms with Crippen LogP contribution in [-0.2, 0) is 9.47 Å². The molecule has 1 aliphatic heterocycles. The first-order valence-electron chi connectivity index (χ1n) is 7.03. The lowest BCUT2D eigenvalue weighted by molar-refractivity contribution is -0.138. The van der Waals surface area contributed by atoms with Crippen molar-refractivity contribution in [3.8, 4) is 5.75 Å². The van der Waals surface area contributed by atoms with Crippen molar-refractivity contribution in [2.24, 2.45) is 5.41 Å². The van der Waals surface area contributed by atoms with Gasteiger partial charge in [-0.1, -0.05) is 19.1 Å². The largest absolute Gasteiger partial charge is 0.494 e. The first-order chi connectivity index (χ1) is 9.18. The molecule has 1 aromatic rings. The zero-order valence-electron chi connectivity index (χ0n) is 12.0. The van der Waals surface area contributed by atoms with Gasteiger partial charge in [0.15, 0.2) is 0 Å². The third-order valence-electron chi connectivity index (χ3n) is 3.29. The van der Waals surface area contributed by atoms with Crippen molar-refractivity contribution in [1.29, 1.82) is 0 Å². The normalized spacial score (nSPS) is 16.9. The molecule has 19 heavy (non-hydrogen) atoms. The van der Waals surface area contributed by atoms with Gasteiger partial charge < -0.3 is 14.2 Å². The van der Waals surface area contributed by atoms with Crippen LogP contribution >= 0.6 is 0 Å². The maximum Gasteiger partial charge on any atom is 0.119 e. The van der Waals surface area contributed by atoms with Gasteiger partial charge in [0.05, 0.1) is 26.4 Å². The lowest BCUT2D eigenvalue weighted by Gasteiger charge is -2.37. The van der Waals surface area contributed by atoms with Crippen LogP contribution < -0.4 is 4.74 Å². The average molecular weight is 264 g/mol. The van der Waals surface area contributed by atoms with Crippen molar-refractivity contribution in [2.45, 2.75) is 26.7 Å². The second-order valence-electron chi connectivity index (χ2n) is 5.73. The number of hydrogen-bond donors (Lipinski definition) is 0. The Kier molecular flexibility index (Phi) is 5.23. The fourth-order valence-corrected chi connectivity index (χ4v) is 2.05. The second-order valence-corrected chi connectivity index (χ2v) is 5.73. The fraction of sp³-hybridized carbons (Fsp3) is 0.625. The third-order valence-corrected chi connectivity index (χ3v) is 3.29. The molecule has 0 aromatic heterocycles. The van der Waals surface area contributed by atoms with E-state index < -0.39 is 0 Å². The molecule has 0 radical (unpaired) electrons. The van der Waals surface area contributed by atoms with E-state index in [1.54, 1.807) is 0 Å². The van der Waals surface area contributed by atoms with Crippen molar-refractivity contribution in [2.75, 3.05) is 33.0 Å². The minimum absolute atomic E-state index is 0.262. The molecule has 1 aromatic carbocycles. The monoisotopic (exact) mass is 264 g/mol. The van der Waals surface area contributed by atoms with Crippen molar-refractivity contribution < 1.29 is 14.2 Å². The van der Waals surface area contributed by atoms with Crippen LogP contribution in [0, 0.1) is 12.3 Å². The lowest BCUT2D eigenvalue weighted by atomic mass is 9.90. The van der Waals surface area contributed by atoms with Crippen LogP contribution in [-0.4, -0.2) is 33.0 Å². The van der Waals surface area contributed by atoms with Gasteiger partial charge in [-0.2, -0.15) is 0 Å². The van der Waals surface area contributed by atoms with E-state index in [-0.39, 0.29) is 5.41 Å². The van der Waals surface area contributed by atoms with Crippen molar-refractivity contribution in [3.05, 3.63) is 29.8 Å². The number of hydrogen-bond acceptors (Lipinski definition) is 3. The van der Waals surface area contributed by atoms with E-state index in [9.17, 15) is 0 Å². The molecule has 106 valence electrons. The van der Waals surface area contributed by atoms with E-state index in [4.69, 9.17) is 14.2 Å². The van der Waals surface area contributed by atoms with Crippen LogP contribution in [0.1, 0.15) is 25.3 Å². The predicted octanol–water partition coefficient (Wildman–Crippen LogP) is 3.21. The molecule has 0 unspecified atom stereocenters. The quantitative estimate of drug-likeness (QED) is 0.675. The van der Waals surface area contributed by atoms with Crippen molar-refractivity contribution >= 4 is 0 Å². The zero-order chi connectivity index (χ0) is 13.6. The fourth-order valence-electron chi connectivity index (χ4n) is 2.05. The van der Waals surface area contributed by atoms with E-state index in [1.165, 1.54) is 5.56 Å². The summed E-state index contributed by atoms with van der Waals surface area (Å²) in [6.45, 7) is 8.33. The molecule has 1 saturated heterocycles. The summed E-state index contributed by atoms with van der Waals surface area (Å²) < 4.78 is 16.6. The molecule has 1 aliphatic rings. The van der Waals surface area contributed by atoms with Crippen LogP contribution in [0.5, 0.6) is 5.75 Å². The Labute approximate surface area is 115 Å². The minimum Gasteiger partial charge on any atom is -0.494 e. The standard InChI is InChI=1S/C16H24O3/c1-14-6-5-7-15(10-14)19-9-4-3-8-17-11-16(2)12-18-13-16/h5-7,10H,3-4,8-9,11-13H2,1-2H3. The van der Waals surface area contributed by atoms with Gasteiger partial charge in [-0.15, -0.1) is 0 Å². The highest BCUT2D eigenvalue weighted by Gasteiger charge is 2.33. The van der Waals surface area contributed by atoms with Crippen LogP contribution in [0.4, 0.5) is 0 Å². The number of aryl methyl sites for hydroxylation is 1. The Bertz CT molecular complexity index is 385. The maximum absolute atomic E-state index is 5.69. The Balaban J connectivity index is 1.48. The second kappa shape index (κ2) is 6.92. The number of ether oxygens (including phenoxy) is 3. The molecule has 0 aliphatic carbocycles. The summed E-state index contributed by atoms with van der Waals surface area (Å²) in [5.74, 6) is 0.958. The molecule has 1 heterocycles. The summed E-state index contributed by atoms with van der Waals surface area (Å²) in [5, 5.41) is 0. The van der Waals surface area contributed by atoms with Crippen molar-refractivity contribution in [1.82, 2.24) is 0 Å². The Morgan fingerprint density at radius 2 is 2.00 bits per heavy atom. The first kappa shape index (κ1) is 14.4. The predicted molar refractivity (Wildman–Crippen MR) is 75.7 cm³/mol. The highest BCUT2D eigenvalue weighted by molar-refractivity contribution is 5.27. The number of unbranched alkanes of at least 4 members (excludes halogenated alkanes) is 1. The van der Waals surface area contributed by atoms with Gasteiger partial charge >= 0.3 is 0 Å². The molecule has 0 atom stereocenters. The van der Waals surface area contributed by atoms with Crippen LogP contribution in [0.25, 0.3) is 0 Å². The molecule has 0 bridgehead atoms. The zero-order valence-corrected chi connectivity index (χ0v) is 12.0. The van der Waals surface area contributed by atoms with E-state index in [0.717, 1.165) is 51.6 Å². The summed E-state index contributed by atoms with van der Waals surface area (Å²) in [4.78, 5) is 0. The molecule has 2 rings (SSSR count).